The van der Waals surface area contributed by atoms with E-state index in [4.69, 9.17) is 5.26 Å². The van der Waals surface area contributed by atoms with E-state index in [1.165, 1.54) is 18.4 Å². The first kappa shape index (κ1) is 12.1. The van der Waals surface area contributed by atoms with E-state index < -0.39 is 0 Å². The molecule has 0 heterocycles. The molecule has 0 aromatic heterocycles. The minimum absolute atomic E-state index is 0.270. The Labute approximate surface area is 104 Å². The molecule has 17 heavy (non-hydrogen) atoms. The van der Waals surface area contributed by atoms with E-state index >= 15 is 0 Å². The molecule has 0 saturated heterocycles. The van der Waals surface area contributed by atoms with Crippen LogP contribution >= 0.6 is 0 Å². The lowest BCUT2D eigenvalue weighted by Crippen LogP contribution is -2.30. The fraction of sp³-hybridized carbons (Fsp3) is 0.533. The summed E-state index contributed by atoms with van der Waals surface area (Å²) in [5.41, 5.74) is 1.27. The molecular formula is C15H20N2. The number of nitrogens with zero attached hydrogens (tertiary/aromatic N) is 2. The van der Waals surface area contributed by atoms with Crippen LogP contribution in [0.1, 0.15) is 37.8 Å². The molecule has 90 valence electrons. The van der Waals surface area contributed by atoms with Crippen molar-refractivity contribution >= 4 is 0 Å². The topological polar surface area (TPSA) is 27.0 Å². The van der Waals surface area contributed by atoms with Gasteiger partial charge in [0, 0.05) is 12.6 Å². The highest BCUT2D eigenvalue weighted by molar-refractivity contribution is 5.20. The van der Waals surface area contributed by atoms with Crippen LogP contribution < -0.4 is 0 Å². The van der Waals surface area contributed by atoms with Gasteiger partial charge in [-0.1, -0.05) is 37.3 Å². The molecule has 1 aliphatic rings. The van der Waals surface area contributed by atoms with E-state index in [-0.39, 0.29) is 6.04 Å². The summed E-state index contributed by atoms with van der Waals surface area (Å²) in [4.78, 5) is 2.45. The van der Waals surface area contributed by atoms with E-state index in [0.717, 1.165) is 19.0 Å². The summed E-state index contributed by atoms with van der Waals surface area (Å²) in [5.74, 6) is 0.875. The predicted molar refractivity (Wildman–Crippen MR) is 69.4 cm³/mol. The Morgan fingerprint density at radius 3 is 2.59 bits per heavy atom. The number of benzene rings is 1. The molecule has 0 aliphatic heterocycles. The third kappa shape index (κ3) is 3.31. The minimum Gasteiger partial charge on any atom is -0.295 e. The van der Waals surface area contributed by atoms with Gasteiger partial charge in [-0.15, -0.1) is 0 Å². The van der Waals surface area contributed by atoms with Crippen LogP contribution in [-0.2, 0) is 0 Å². The van der Waals surface area contributed by atoms with Crippen LogP contribution in [0.25, 0.3) is 0 Å². The standard InChI is InChI=1S/C15H20N2/c1-2-17(12-13-8-9-13)15(10-11-16)14-6-4-3-5-7-14/h3-7,13,15H,2,8-10,12H2,1H3. The Morgan fingerprint density at radius 1 is 1.35 bits per heavy atom. The monoisotopic (exact) mass is 228 g/mol. The van der Waals surface area contributed by atoms with Gasteiger partial charge in [-0.2, -0.15) is 5.26 Å². The van der Waals surface area contributed by atoms with Crippen molar-refractivity contribution in [3.63, 3.8) is 0 Å². The molecule has 1 unspecified atom stereocenters. The Hall–Kier alpha value is -1.33. The maximum atomic E-state index is 9.02. The lowest BCUT2D eigenvalue weighted by atomic mass is 10.0. The molecule has 1 aliphatic carbocycles. The van der Waals surface area contributed by atoms with E-state index in [1.54, 1.807) is 0 Å². The van der Waals surface area contributed by atoms with E-state index in [1.807, 2.05) is 6.07 Å². The van der Waals surface area contributed by atoms with Gasteiger partial charge in [-0.05, 0) is 30.9 Å². The first-order valence-corrected chi connectivity index (χ1v) is 6.51. The molecule has 0 radical (unpaired) electrons. The van der Waals surface area contributed by atoms with Crippen molar-refractivity contribution < 1.29 is 0 Å². The van der Waals surface area contributed by atoms with Crippen LogP contribution in [0.2, 0.25) is 0 Å². The molecule has 2 nitrogen and oxygen atoms in total. The molecule has 1 fully saturated rings. The van der Waals surface area contributed by atoms with Crippen LogP contribution in [-0.4, -0.2) is 18.0 Å². The molecule has 1 aromatic carbocycles. The van der Waals surface area contributed by atoms with Crippen molar-refractivity contribution in [1.82, 2.24) is 4.90 Å². The zero-order valence-corrected chi connectivity index (χ0v) is 10.5. The van der Waals surface area contributed by atoms with E-state index in [2.05, 4.69) is 42.2 Å². The molecule has 1 atom stereocenters. The van der Waals surface area contributed by atoms with Crippen LogP contribution in [0, 0.1) is 17.2 Å². The Bertz CT molecular complexity index is 376. The van der Waals surface area contributed by atoms with Gasteiger partial charge in [0.1, 0.15) is 0 Å². The lowest BCUT2D eigenvalue weighted by Gasteiger charge is -2.29. The molecule has 2 heteroatoms. The van der Waals surface area contributed by atoms with Crippen molar-refractivity contribution in [2.24, 2.45) is 5.92 Å². The smallest absolute Gasteiger partial charge is 0.0641 e. The highest BCUT2D eigenvalue weighted by atomic mass is 15.2. The number of nitriles is 1. The fourth-order valence-electron chi connectivity index (χ4n) is 2.33. The van der Waals surface area contributed by atoms with Gasteiger partial charge in [0.05, 0.1) is 12.5 Å². The first-order chi connectivity index (χ1) is 8.35. The van der Waals surface area contributed by atoms with Crippen molar-refractivity contribution in [1.29, 1.82) is 5.26 Å². The summed E-state index contributed by atoms with van der Waals surface area (Å²) in [6, 6.07) is 13.0. The molecule has 0 amide bonds. The van der Waals surface area contributed by atoms with Gasteiger partial charge in [0.15, 0.2) is 0 Å². The van der Waals surface area contributed by atoms with Gasteiger partial charge in [-0.3, -0.25) is 4.90 Å². The summed E-state index contributed by atoms with van der Waals surface area (Å²) in [6.45, 7) is 4.37. The number of rotatable bonds is 6. The first-order valence-electron chi connectivity index (χ1n) is 6.51. The van der Waals surface area contributed by atoms with Crippen molar-refractivity contribution in [3.05, 3.63) is 35.9 Å². The second-order valence-electron chi connectivity index (χ2n) is 4.82. The summed E-state index contributed by atoms with van der Waals surface area (Å²) >= 11 is 0. The Balaban J connectivity index is 2.11. The number of hydrogen-bond acceptors (Lipinski definition) is 2. The van der Waals surface area contributed by atoms with Crippen molar-refractivity contribution in [2.75, 3.05) is 13.1 Å². The second kappa shape index (κ2) is 5.84. The zero-order valence-electron chi connectivity index (χ0n) is 10.5. The van der Waals surface area contributed by atoms with Crippen molar-refractivity contribution in [3.8, 4) is 6.07 Å². The van der Waals surface area contributed by atoms with Crippen LogP contribution in [0.5, 0.6) is 0 Å². The largest absolute Gasteiger partial charge is 0.295 e. The minimum atomic E-state index is 0.270. The molecule has 2 rings (SSSR count). The maximum absolute atomic E-state index is 9.02. The summed E-state index contributed by atoms with van der Waals surface area (Å²) in [5, 5.41) is 9.02. The molecule has 0 spiro atoms. The van der Waals surface area contributed by atoms with Crippen molar-refractivity contribution in [2.45, 2.75) is 32.2 Å². The van der Waals surface area contributed by atoms with E-state index in [9.17, 15) is 0 Å². The Morgan fingerprint density at radius 2 is 2.06 bits per heavy atom. The molecule has 0 N–H and O–H groups in total. The summed E-state index contributed by atoms with van der Waals surface area (Å²) in [7, 11) is 0. The van der Waals surface area contributed by atoms with Gasteiger partial charge >= 0.3 is 0 Å². The zero-order chi connectivity index (χ0) is 12.1. The quantitative estimate of drug-likeness (QED) is 0.746. The third-order valence-electron chi connectivity index (χ3n) is 3.51. The summed E-state index contributed by atoms with van der Waals surface area (Å²) in [6.07, 6.45) is 3.32. The molecular weight excluding hydrogens is 208 g/mol. The van der Waals surface area contributed by atoms with Gasteiger partial charge < -0.3 is 0 Å². The average Bonchev–Trinajstić information content (AvgIpc) is 3.18. The number of hydrogen-bond donors (Lipinski definition) is 0. The van der Waals surface area contributed by atoms with Gasteiger partial charge in [0.25, 0.3) is 0 Å². The van der Waals surface area contributed by atoms with Crippen LogP contribution in [0.3, 0.4) is 0 Å². The highest BCUT2D eigenvalue weighted by Crippen LogP contribution is 2.33. The average molecular weight is 228 g/mol. The second-order valence-corrected chi connectivity index (χ2v) is 4.82. The SMILES string of the molecule is CCN(CC1CC1)C(CC#N)c1ccccc1. The highest BCUT2D eigenvalue weighted by Gasteiger charge is 2.27. The van der Waals surface area contributed by atoms with E-state index in [0.29, 0.717) is 6.42 Å². The normalized spacial score (nSPS) is 16.8. The van der Waals surface area contributed by atoms with Gasteiger partial charge in [0.2, 0.25) is 0 Å². The summed E-state index contributed by atoms with van der Waals surface area (Å²) < 4.78 is 0. The molecule has 0 bridgehead atoms. The van der Waals surface area contributed by atoms with Crippen LogP contribution in [0.4, 0.5) is 0 Å². The molecule has 1 aromatic rings. The predicted octanol–water partition coefficient (Wildman–Crippen LogP) is 3.37. The third-order valence-corrected chi connectivity index (χ3v) is 3.51. The lowest BCUT2D eigenvalue weighted by molar-refractivity contribution is 0.201. The van der Waals surface area contributed by atoms with Gasteiger partial charge in [-0.25, -0.2) is 0 Å². The van der Waals surface area contributed by atoms with Crippen LogP contribution in [0.15, 0.2) is 30.3 Å². The fourth-order valence-corrected chi connectivity index (χ4v) is 2.33. The maximum Gasteiger partial charge on any atom is 0.0641 e. The molecule has 1 saturated carbocycles. The Kier molecular flexibility index (Phi) is 4.17.